The van der Waals surface area contributed by atoms with E-state index in [1.807, 2.05) is 36.4 Å². The average Bonchev–Trinajstić information content (AvgIpc) is 2.77. The Hall–Kier alpha value is -2.57. The zero-order valence-corrected chi connectivity index (χ0v) is 18.1. The van der Waals surface area contributed by atoms with E-state index in [1.165, 1.54) is 24.8 Å². The van der Waals surface area contributed by atoms with Gasteiger partial charge in [0.1, 0.15) is 0 Å². The third-order valence-electron chi connectivity index (χ3n) is 5.17. The number of benzene rings is 2. The SMILES string of the molecule is CC(ON=C(N)c1cccc(CN2CCCCC2)c1)C(=O)NCc1ccccc1Cl. The molecule has 1 fully saturated rings. The molecule has 0 aliphatic carbocycles. The summed E-state index contributed by atoms with van der Waals surface area (Å²) in [6.45, 7) is 5.13. The van der Waals surface area contributed by atoms with Gasteiger partial charge in [-0.15, -0.1) is 0 Å². The number of carbonyl (C=O) groups excluding carboxylic acids is 1. The smallest absolute Gasteiger partial charge is 0.263 e. The molecule has 0 spiro atoms. The summed E-state index contributed by atoms with van der Waals surface area (Å²) in [6.07, 6.45) is 3.06. The molecule has 1 aliphatic heterocycles. The largest absolute Gasteiger partial charge is 0.381 e. The van der Waals surface area contributed by atoms with Crippen molar-refractivity contribution in [3.05, 3.63) is 70.2 Å². The first-order valence-corrected chi connectivity index (χ1v) is 10.7. The van der Waals surface area contributed by atoms with Crippen LogP contribution >= 0.6 is 11.6 Å². The van der Waals surface area contributed by atoms with Crippen LogP contribution in [0.15, 0.2) is 53.7 Å². The predicted octanol–water partition coefficient (Wildman–Crippen LogP) is 3.67. The first-order chi connectivity index (χ1) is 14.5. The van der Waals surface area contributed by atoms with E-state index in [9.17, 15) is 4.79 Å². The van der Waals surface area contributed by atoms with Crippen molar-refractivity contribution in [3.63, 3.8) is 0 Å². The third kappa shape index (κ3) is 6.47. The lowest BCUT2D eigenvalue weighted by Crippen LogP contribution is -2.33. The Kier molecular flexibility index (Phi) is 8.11. The van der Waals surface area contributed by atoms with Gasteiger partial charge in [-0.2, -0.15) is 0 Å². The number of hydrogen-bond acceptors (Lipinski definition) is 4. The number of likely N-dealkylation sites (tertiary alicyclic amines) is 1. The molecule has 30 heavy (non-hydrogen) atoms. The van der Waals surface area contributed by atoms with Gasteiger partial charge in [0.15, 0.2) is 5.84 Å². The van der Waals surface area contributed by atoms with Gasteiger partial charge in [-0.05, 0) is 56.1 Å². The number of oxime groups is 1. The van der Waals surface area contributed by atoms with Gasteiger partial charge in [0.05, 0.1) is 0 Å². The van der Waals surface area contributed by atoms with Crippen molar-refractivity contribution in [3.8, 4) is 0 Å². The molecule has 1 aliphatic rings. The molecule has 0 saturated carbocycles. The van der Waals surface area contributed by atoms with E-state index in [2.05, 4.69) is 21.4 Å². The summed E-state index contributed by atoms with van der Waals surface area (Å²) < 4.78 is 0. The van der Waals surface area contributed by atoms with E-state index in [1.54, 1.807) is 13.0 Å². The molecular formula is C23H29ClN4O2. The Morgan fingerprint density at radius 1 is 1.20 bits per heavy atom. The normalized spacial score (nSPS) is 16.1. The molecule has 1 heterocycles. The van der Waals surface area contributed by atoms with Crippen LogP contribution in [-0.4, -0.2) is 35.8 Å². The summed E-state index contributed by atoms with van der Waals surface area (Å²) in [5.41, 5.74) is 8.91. The maximum Gasteiger partial charge on any atom is 0.263 e. The number of amides is 1. The Labute approximate surface area is 183 Å². The Morgan fingerprint density at radius 3 is 2.73 bits per heavy atom. The number of rotatable bonds is 8. The molecule has 7 heteroatoms. The van der Waals surface area contributed by atoms with Gasteiger partial charge >= 0.3 is 0 Å². The molecule has 160 valence electrons. The number of nitrogens with two attached hydrogens (primary N) is 1. The van der Waals surface area contributed by atoms with Gasteiger partial charge in [0.25, 0.3) is 5.91 Å². The highest BCUT2D eigenvalue weighted by Gasteiger charge is 2.15. The van der Waals surface area contributed by atoms with Gasteiger partial charge in [0.2, 0.25) is 6.10 Å². The Morgan fingerprint density at radius 2 is 1.97 bits per heavy atom. The van der Waals surface area contributed by atoms with E-state index in [4.69, 9.17) is 22.2 Å². The topological polar surface area (TPSA) is 80.0 Å². The standard InChI is InChI=1S/C23H29ClN4O2/c1-17(23(29)26-15-20-9-3-4-11-21(20)24)30-27-22(25)19-10-7-8-18(14-19)16-28-12-5-2-6-13-28/h3-4,7-11,14,17H,2,5-6,12-13,15-16H2,1H3,(H2,25,27)(H,26,29). The van der Waals surface area contributed by atoms with Crippen LogP contribution < -0.4 is 11.1 Å². The van der Waals surface area contributed by atoms with Crippen molar-refractivity contribution < 1.29 is 9.63 Å². The number of halogens is 1. The Bertz CT molecular complexity index is 881. The maximum absolute atomic E-state index is 12.3. The summed E-state index contributed by atoms with van der Waals surface area (Å²) in [5.74, 6) is -0.0356. The number of amidine groups is 1. The molecule has 1 amide bonds. The van der Waals surface area contributed by atoms with Gasteiger partial charge in [-0.1, -0.05) is 59.6 Å². The number of nitrogens with zero attached hydrogens (tertiary/aromatic N) is 2. The van der Waals surface area contributed by atoms with E-state index < -0.39 is 6.10 Å². The fourth-order valence-electron chi connectivity index (χ4n) is 3.41. The second kappa shape index (κ2) is 11.0. The Balaban J connectivity index is 1.52. The lowest BCUT2D eigenvalue weighted by atomic mass is 10.1. The predicted molar refractivity (Wildman–Crippen MR) is 120 cm³/mol. The highest BCUT2D eigenvalue weighted by Crippen LogP contribution is 2.15. The van der Waals surface area contributed by atoms with Crippen molar-refractivity contribution in [1.82, 2.24) is 10.2 Å². The minimum absolute atomic E-state index is 0.251. The molecule has 1 saturated heterocycles. The third-order valence-corrected chi connectivity index (χ3v) is 5.54. The molecule has 2 aromatic rings. The van der Waals surface area contributed by atoms with Crippen LogP contribution in [0.5, 0.6) is 0 Å². The fourth-order valence-corrected chi connectivity index (χ4v) is 3.61. The van der Waals surface area contributed by atoms with Crippen LogP contribution in [-0.2, 0) is 22.7 Å². The minimum Gasteiger partial charge on any atom is -0.381 e. The van der Waals surface area contributed by atoms with Gasteiger partial charge in [0, 0.05) is 23.7 Å². The first kappa shape index (κ1) is 22.1. The van der Waals surface area contributed by atoms with Gasteiger partial charge < -0.3 is 15.9 Å². The number of carbonyl (C=O) groups is 1. The minimum atomic E-state index is -0.775. The zero-order valence-electron chi connectivity index (χ0n) is 17.3. The van der Waals surface area contributed by atoms with Crippen LogP contribution in [0.4, 0.5) is 0 Å². The molecule has 0 radical (unpaired) electrons. The van der Waals surface area contributed by atoms with Crippen LogP contribution in [0.2, 0.25) is 5.02 Å². The molecule has 1 unspecified atom stereocenters. The molecule has 1 atom stereocenters. The summed E-state index contributed by atoms with van der Waals surface area (Å²) >= 11 is 6.11. The zero-order chi connectivity index (χ0) is 21.3. The number of hydrogen-bond donors (Lipinski definition) is 2. The van der Waals surface area contributed by atoms with Crippen molar-refractivity contribution in [1.29, 1.82) is 0 Å². The average molecular weight is 429 g/mol. The molecule has 0 aromatic heterocycles. The van der Waals surface area contributed by atoms with Crippen LogP contribution in [0, 0.1) is 0 Å². The molecule has 2 aromatic carbocycles. The lowest BCUT2D eigenvalue weighted by Gasteiger charge is -2.26. The lowest BCUT2D eigenvalue weighted by molar-refractivity contribution is -0.131. The molecule has 6 nitrogen and oxygen atoms in total. The molecule has 3 rings (SSSR count). The van der Waals surface area contributed by atoms with Crippen molar-refractivity contribution in [2.24, 2.45) is 10.9 Å². The second-order valence-electron chi connectivity index (χ2n) is 7.57. The van der Waals surface area contributed by atoms with Crippen molar-refractivity contribution in [2.45, 2.75) is 45.4 Å². The van der Waals surface area contributed by atoms with E-state index in [-0.39, 0.29) is 11.7 Å². The van der Waals surface area contributed by atoms with Crippen LogP contribution in [0.3, 0.4) is 0 Å². The summed E-state index contributed by atoms with van der Waals surface area (Å²) in [7, 11) is 0. The number of nitrogens with one attached hydrogen (secondary N) is 1. The van der Waals surface area contributed by atoms with E-state index in [0.29, 0.717) is 11.6 Å². The first-order valence-electron chi connectivity index (χ1n) is 10.3. The van der Waals surface area contributed by atoms with Crippen molar-refractivity contribution in [2.75, 3.05) is 13.1 Å². The van der Waals surface area contributed by atoms with Crippen LogP contribution in [0.25, 0.3) is 0 Å². The molecular weight excluding hydrogens is 400 g/mol. The molecule has 0 bridgehead atoms. The highest BCUT2D eigenvalue weighted by molar-refractivity contribution is 6.31. The second-order valence-corrected chi connectivity index (χ2v) is 7.98. The summed E-state index contributed by atoms with van der Waals surface area (Å²) in [4.78, 5) is 20.0. The number of piperidine rings is 1. The quantitative estimate of drug-likeness (QED) is 0.382. The summed E-state index contributed by atoms with van der Waals surface area (Å²) in [6, 6.07) is 15.3. The van der Waals surface area contributed by atoms with Crippen LogP contribution in [0.1, 0.15) is 42.9 Å². The maximum atomic E-state index is 12.3. The van der Waals surface area contributed by atoms with Crippen molar-refractivity contribution >= 4 is 23.3 Å². The van der Waals surface area contributed by atoms with Gasteiger partial charge in [-0.25, -0.2) is 0 Å². The molecule has 3 N–H and O–H groups in total. The highest BCUT2D eigenvalue weighted by atomic mass is 35.5. The monoisotopic (exact) mass is 428 g/mol. The van der Waals surface area contributed by atoms with E-state index >= 15 is 0 Å². The fraction of sp³-hybridized carbons (Fsp3) is 0.391. The summed E-state index contributed by atoms with van der Waals surface area (Å²) in [5, 5.41) is 7.37. The van der Waals surface area contributed by atoms with Gasteiger partial charge in [-0.3, -0.25) is 9.69 Å². The van der Waals surface area contributed by atoms with E-state index in [0.717, 1.165) is 30.8 Å².